The highest BCUT2D eigenvalue weighted by atomic mass is 16.5. The Labute approximate surface area is 283 Å². The van der Waals surface area contributed by atoms with Crippen molar-refractivity contribution in [3.8, 4) is 5.75 Å². The maximum atomic E-state index is 14.2. The Kier molecular flexibility index (Phi) is 9.13. The second-order valence-electron chi connectivity index (χ2n) is 17.4. The summed E-state index contributed by atoms with van der Waals surface area (Å²) in [5.74, 6) is 3.36. The number of nitrogens with one attached hydrogen (secondary N) is 2. The first-order valence-corrected chi connectivity index (χ1v) is 18.5. The summed E-state index contributed by atoms with van der Waals surface area (Å²) in [7, 11) is 0. The van der Waals surface area contributed by atoms with Gasteiger partial charge >= 0.3 is 0 Å². The summed E-state index contributed by atoms with van der Waals surface area (Å²) in [4.78, 5) is 25.1. The molecule has 0 spiro atoms. The smallest absolute Gasteiger partial charge is 0.298 e. The molecule has 4 saturated carbocycles. The molecule has 0 heterocycles. The number of carbonyl (C=O) groups excluding carboxylic acids is 2. The number of benzene rings is 1. The zero-order chi connectivity index (χ0) is 33.8. The third-order valence-corrected chi connectivity index (χ3v) is 15.3. The van der Waals surface area contributed by atoms with Crippen molar-refractivity contribution in [3.63, 3.8) is 0 Å². The molecule has 1 aromatic carbocycles. The van der Waals surface area contributed by atoms with E-state index in [1.165, 1.54) is 42.4 Å². The number of allylic oxidation sites excluding steroid dienone is 3. The van der Waals surface area contributed by atoms with E-state index in [1.54, 1.807) is 0 Å². The summed E-state index contributed by atoms with van der Waals surface area (Å²) in [5.41, 5.74) is 4.27. The summed E-state index contributed by atoms with van der Waals surface area (Å²) in [6.45, 7) is 22.0. The Balaban J connectivity index is 1.30. The standard InChI is InChI=1S/C41H60N2O4/c1-27(2)30-14-19-41(36(46)43-23-22-42-24-25-44)21-20-39(6)32(35(30)41)12-13-34-38(5)17-15-31(28-8-10-29(11-9-28)47-26-45)37(3,4)33(38)16-18-40(34,39)7/h8-11,15,26,30,32-35,42,44H,1,12-14,16-25H2,2-7H3,(H,43,46)/t30-,32+,33-,34+,35+,38-,39+,40+,41-/m0/s1. The van der Waals surface area contributed by atoms with Crippen molar-refractivity contribution < 1.29 is 19.4 Å². The van der Waals surface area contributed by atoms with E-state index in [0.29, 0.717) is 61.4 Å². The van der Waals surface area contributed by atoms with Crippen LogP contribution in [0.5, 0.6) is 5.75 Å². The van der Waals surface area contributed by atoms with Gasteiger partial charge in [0.2, 0.25) is 5.91 Å². The van der Waals surface area contributed by atoms with Crippen molar-refractivity contribution in [1.29, 1.82) is 0 Å². The first kappa shape index (κ1) is 34.4. The number of ether oxygens (including phenoxy) is 1. The Morgan fingerprint density at radius 3 is 2.36 bits per heavy atom. The lowest BCUT2D eigenvalue weighted by atomic mass is 9.32. The second kappa shape index (κ2) is 12.5. The molecule has 5 aliphatic rings. The van der Waals surface area contributed by atoms with E-state index in [2.05, 4.69) is 77.0 Å². The van der Waals surface area contributed by atoms with Gasteiger partial charge in [-0.15, -0.1) is 0 Å². The summed E-state index contributed by atoms with van der Waals surface area (Å²) in [5, 5.41) is 15.7. The normalized spacial score (nSPS) is 40.1. The molecule has 0 aromatic heterocycles. The van der Waals surface area contributed by atoms with Crippen LogP contribution in [0.2, 0.25) is 0 Å². The third-order valence-electron chi connectivity index (χ3n) is 15.3. The monoisotopic (exact) mass is 644 g/mol. The van der Waals surface area contributed by atoms with Crippen LogP contribution in [0.4, 0.5) is 0 Å². The average Bonchev–Trinajstić information content (AvgIpc) is 3.43. The number of aliphatic hydroxyl groups is 1. The van der Waals surface area contributed by atoms with Gasteiger partial charge in [-0.05, 0) is 139 Å². The largest absolute Gasteiger partial charge is 0.429 e. The van der Waals surface area contributed by atoms with Gasteiger partial charge in [-0.25, -0.2) is 0 Å². The van der Waals surface area contributed by atoms with Crippen LogP contribution in [-0.4, -0.2) is 43.7 Å². The molecule has 0 saturated heterocycles. The van der Waals surface area contributed by atoms with E-state index in [9.17, 15) is 9.59 Å². The van der Waals surface area contributed by atoms with E-state index in [0.717, 1.165) is 32.1 Å². The highest BCUT2D eigenvalue weighted by Crippen LogP contribution is 2.77. The highest BCUT2D eigenvalue weighted by Gasteiger charge is 2.71. The first-order chi connectivity index (χ1) is 22.3. The molecule has 0 unspecified atom stereocenters. The van der Waals surface area contributed by atoms with E-state index in [4.69, 9.17) is 9.84 Å². The molecule has 0 bridgehead atoms. The molecule has 4 fully saturated rings. The quantitative estimate of drug-likeness (QED) is 0.139. The molecule has 5 aliphatic carbocycles. The van der Waals surface area contributed by atoms with Gasteiger partial charge in [0.15, 0.2) is 0 Å². The molecule has 6 heteroatoms. The van der Waals surface area contributed by atoms with E-state index < -0.39 is 0 Å². The van der Waals surface area contributed by atoms with Crippen LogP contribution in [0, 0.1) is 56.7 Å². The molecule has 0 radical (unpaired) electrons. The number of hydrogen-bond donors (Lipinski definition) is 3. The van der Waals surface area contributed by atoms with E-state index in [-0.39, 0.29) is 39.6 Å². The zero-order valence-corrected chi connectivity index (χ0v) is 29.9. The van der Waals surface area contributed by atoms with Gasteiger partial charge in [0.05, 0.1) is 12.0 Å². The van der Waals surface area contributed by atoms with Gasteiger partial charge in [0.25, 0.3) is 6.47 Å². The number of amides is 1. The first-order valence-electron chi connectivity index (χ1n) is 18.5. The third kappa shape index (κ3) is 5.18. The average molecular weight is 645 g/mol. The van der Waals surface area contributed by atoms with Crippen LogP contribution in [0.15, 0.2) is 42.5 Å². The van der Waals surface area contributed by atoms with Crippen molar-refractivity contribution in [1.82, 2.24) is 10.6 Å². The van der Waals surface area contributed by atoms with Gasteiger partial charge in [-0.3, -0.25) is 9.59 Å². The van der Waals surface area contributed by atoms with Crippen molar-refractivity contribution >= 4 is 18.0 Å². The minimum atomic E-state index is -0.300. The van der Waals surface area contributed by atoms with Gasteiger partial charge in [-0.2, -0.15) is 0 Å². The van der Waals surface area contributed by atoms with Crippen LogP contribution in [-0.2, 0) is 9.59 Å². The van der Waals surface area contributed by atoms with Crippen molar-refractivity contribution in [3.05, 3.63) is 48.1 Å². The molecule has 0 aliphatic heterocycles. The van der Waals surface area contributed by atoms with Gasteiger partial charge < -0.3 is 20.5 Å². The molecule has 47 heavy (non-hydrogen) atoms. The summed E-state index contributed by atoms with van der Waals surface area (Å²) < 4.78 is 5.08. The fourth-order valence-corrected chi connectivity index (χ4v) is 13.0. The van der Waals surface area contributed by atoms with E-state index in [1.807, 2.05) is 12.1 Å². The molecule has 1 aromatic rings. The van der Waals surface area contributed by atoms with Crippen molar-refractivity contribution in [2.24, 2.45) is 56.7 Å². The molecule has 3 N–H and O–H groups in total. The Hall–Kier alpha value is -2.44. The van der Waals surface area contributed by atoms with Gasteiger partial charge in [0, 0.05) is 19.6 Å². The molecule has 9 atom stereocenters. The number of carbonyl (C=O) groups is 2. The molecule has 6 rings (SSSR count). The SMILES string of the molecule is C=C(C)[C@@H]1CC[C@]2(C(=O)NCCNCCO)CC[C@]3(C)[C@H](CC[C@@H]4[C@@]5(C)CC=C(c6ccc(OC=O)cc6)C(C)(C)[C@@H]5CC[C@]43C)[C@@H]12. The minimum Gasteiger partial charge on any atom is -0.429 e. The fourth-order valence-electron chi connectivity index (χ4n) is 13.0. The number of rotatable bonds is 10. The van der Waals surface area contributed by atoms with E-state index >= 15 is 0 Å². The number of hydrogen-bond acceptors (Lipinski definition) is 5. The van der Waals surface area contributed by atoms with Crippen molar-refractivity contribution in [2.45, 2.75) is 99.3 Å². The Morgan fingerprint density at radius 1 is 0.936 bits per heavy atom. The summed E-state index contributed by atoms with van der Waals surface area (Å²) in [6, 6.07) is 8.05. The molecular weight excluding hydrogens is 584 g/mol. The zero-order valence-electron chi connectivity index (χ0n) is 29.9. The lowest BCUT2D eigenvalue weighted by molar-refractivity contribution is -0.225. The molecule has 6 nitrogen and oxygen atoms in total. The van der Waals surface area contributed by atoms with Gasteiger partial charge in [-0.1, -0.05) is 65.0 Å². The number of aliphatic hydroxyl groups excluding tert-OH is 1. The van der Waals surface area contributed by atoms with Crippen molar-refractivity contribution in [2.75, 3.05) is 26.2 Å². The molecule has 1 amide bonds. The predicted molar refractivity (Wildman–Crippen MR) is 188 cm³/mol. The maximum Gasteiger partial charge on any atom is 0.298 e. The van der Waals surface area contributed by atoms with Gasteiger partial charge in [0.1, 0.15) is 5.75 Å². The Bertz CT molecular complexity index is 1400. The van der Waals surface area contributed by atoms with Crippen LogP contribution in [0.25, 0.3) is 5.57 Å². The highest BCUT2D eigenvalue weighted by molar-refractivity contribution is 5.84. The predicted octanol–water partition coefficient (Wildman–Crippen LogP) is 7.57. The maximum absolute atomic E-state index is 14.2. The minimum absolute atomic E-state index is 0.0292. The fraction of sp³-hybridized carbons (Fsp3) is 0.707. The van der Waals surface area contributed by atoms with Crippen LogP contribution < -0.4 is 15.4 Å². The lowest BCUT2D eigenvalue weighted by Gasteiger charge is -2.72. The molecule has 258 valence electrons. The molecular formula is C41H60N2O4. The Morgan fingerprint density at radius 2 is 1.68 bits per heavy atom. The van der Waals surface area contributed by atoms with Crippen LogP contribution in [0.1, 0.15) is 105 Å². The second-order valence-corrected chi connectivity index (χ2v) is 17.4. The summed E-state index contributed by atoms with van der Waals surface area (Å²) in [6.07, 6.45) is 12.7. The van der Waals surface area contributed by atoms with Crippen LogP contribution in [0.3, 0.4) is 0 Å². The lowest BCUT2D eigenvalue weighted by Crippen LogP contribution is -2.66. The summed E-state index contributed by atoms with van der Waals surface area (Å²) >= 11 is 0. The number of fused-ring (bicyclic) bond motifs is 7. The van der Waals surface area contributed by atoms with Crippen LogP contribution >= 0.6 is 0 Å². The topological polar surface area (TPSA) is 87.7 Å².